The highest BCUT2D eigenvalue weighted by Crippen LogP contribution is 2.17. The van der Waals surface area contributed by atoms with Crippen LogP contribution in [0.2, 0.25) is 0 Å². The summed E-state index contributed by atoms with van der Waals surface area (Å²) in [6.07, 6.45) is 5.01. The Hall–Kier alpha value is -1.06. The van der Waals surface area contributed by atoms with E-state index in [0.29, 0.717) is 25.4 Å². The fourth-order valence-corrected chi connectivity index (χ4v) is 2.01. The zero-order chi connectivity index (χ0) is 14.0. The molecule has 0 heterocycles. The maximum atomic E-state index is 12.1. The van der Waals surface area contributed by atoms with Gasteiger partial charge in [-0.15, -0.1) is 0 Å². The summed E-state index contributed by atoms with van der Waals surface area (Å²) in [5.74, 6) is -0.308. The summed E-state index contributed by atoms with van der Waals surface area (Å²) in [6, 6.07) is 0. The fraction of sp³-hybridized carbons (Fsp3) is 0.857. The first kappa shape index (κ1) is 16.9. The predicted octanol–water partition coefficient (Wildman–Crippen LogP) is 2.92. The highest BCUT2D eigenvalue weighted by molar-refractivity contribution is 5.77. The molecule has 1 N–H and O–H groups in total. The van der Waals surface area contributed by atoms with E-state index in [2.05, 4.69) is 13.8 Å². The van der Waals surface area contributed by atoms with Gasteiger partial charge in [-0.05, 0) is 19.3 Å². The van der Waals surface area contributed by atoms with Crippen LogP contribution in [0.5, 0.6) is 0 Å². The Bertz CT molecular complexity index is 253. The molecule has 18 heavy (non-hydrogen) atoms. The second-order valence-electron chi connectivity index (χ2n) is 4.74. The molecule has 0 aromatic carbocycles. The van der Waals surface area contributed by atoms with Crippen molar-refractivity contribution in [3.63, 3.8) is 0 Å². The first-order chi connectivity index (χ1) is 8.54. The second-order valence-corrected chi connectivity index (χ2v) is 4.74. The molecule has 0 radical (unpaired) electrons. The first-order valence-electron chi connectivity index (χ1n) is 7.04. The van der Waals surface area contributed by atoms with Crippen molar-refractivity contribution in [2.45, 2.75) is 59.3 Å². The van der Waals surface area contributed by atoms with Gasteiger partial charge in [0.15, 0.2) is 0 Å². The van der Waals surface area contributed by atoms with Gasteiger partial charge in [-0.3, -0.25) is 9.59 Å². The van der Waals surface area contributed by atoms with Gasteiger partial charge in [0.25, 0.3) is 0 Å². The van der Waals surface area contributed by atoms with Gasteiger partial charge in [-0.25, -0.2) is 0 Å². The topological polar surface area (TPSA) is 57.6 Å². The third kappa shape index (κ3) is 7.30. The van der Waals surface area contributed by atoms with E-state index in [4.69, 9.17) is 5.11 Å². The largest absolute Gasteiger partial charge is 0.481 e. The van der Waals surface area contributed by atoms with Gasteiger partial charge < -0.3 is 10.0 Å². The van der Waals surface area contributed by atoms with Crippen LogP contribution in [0.3, 0.4) is 0 Å². The maximum Gasteiger partial charge on any atom is 0.305 e. The lowest BCUT2D eigenvalue weighted by atomic mass is 9.95. The van der Waals surface area contributed by atoms with Crippen molar-refractivity contribution in [2.75, 3.05) is 13.1 Å². The minimum absolute atomic E-state index is 0.0331. The fourth-order valence-electron chi connectivity index (χ4n) is 2.01. The summed E-state index contributed by atoms with van der Waals surface area (Å²) in [4.78, 5) is 24.2. The molecule has 0 aliphatic heterocycles. The number of amides is 1. The van der Waals surface area contributed by atoms with Crippen LogP contribution in [0.4, 0.5) is 0 Å². The van der Waals surface area contributed by atoms with Crippen LogP contribution in [0.25, 0.3) is 0 Å². The highest BCUT2D eigenvalue weighted by Gasteiger charge is 2.17. The molecule has 0 spiro atoms. The molecule has 0 aliphatic rings. The van der Waals surface area contributed by atoms with Crippen molar-refractivity contribution in [1.82, 2.24) is 4.90 Å². The Balaban J connectivity index is 4.18. The van der Waals surface area contributed by atoms with Crippen molar-refractivity contribution in [3.05, 3.63) is 0 Å². The van der Waals surface area contributed by atoms with Crippen LogP contribution in [-0.4, -0.2) is 35.0 Å². The molecule has 0 aromatic heterocycles. The average molecular weight is 257 g/mol. The summed E-state index contributed by atoms with van der Waals surface area (Å²) < 4.78 is 0. The van der Waals surface area contributed by atoms with Crippen LogP contribution >= 0.6 is 0 Å². The quantitative estimate of drug-likeness (QED) is 0.654. The lowest BCUT2D eigenvalue weighted by Crippen LogP contribution is -2.34. The molecule has 0 rings (SSSR count). The number of aliphatic carboxylic acids is 1. The SMILES string of the molecule is CCCCC(CC)CC(=O)N(CC)CCC(=O)O. The molecule has 106 valence electrons. The van der Waals surface area contributed by atoms with Gasteiger partial charge in [0, 0.05) is 19.5 Å². The van der Waals surface area contributed by atoms with Crippen molar-refractivity contribution in [3.8, 4) is 0 Å². The summed E-state index contributed by atoms with van der Waals surface area (Å²) in [6.45, 7) is 7.08. The molecule has 1 atom stereocenters. The van der Waals surface area contributed by atoms with Crippen LogP contribution in [0, 0.1) is 5.92 Å². The number of carboxylic acid groups (broad SMARTS) is 1. The zero-order valence-electron chi connectivity index (χ0n) is 11.9. The monoisotopic (exact) mass is 257 g/mol. The third-order valence-electron chi connectivity index (χ3n) is 3.34. The van der Waals surface area contributed by atoms with Crippen LogP contribution in [-0.2, 0) is 9.59 Å². The molecule has 0 aliphatic carbocycles. The van der Waals surface area contributed by atoms with Crippen LogP contribution < -0.4 is 0 Å². The van der Waals surface area contributed by atoms with E-state index in [1.54, 1.807) is 4.90 Å². The molecule has 4 nitrogen and oxygen atoms in total. The summed E-state index contributed by atoms with van der Waals surface area (Å²) in [7, 11) is 0. The van der Waals surface area contributed by atoms with E-state index in [1.165, 1.54) is 0 Å². The molecular weight excluding hydrogens is 230 g/mol. The maximum absolute atomic E-state index is 12.1. The summed E-state index contributed by atoms with van der Waals surface area (Å²) in [5, 5.41) is 8.65. The van der Waals surface area contributed by atoms with Gasteiger partial charge in [0.1, 0.15) is 0 Å². The molecule has 0 aromatic rings. The van der Waals surface area contributed by atoms with Crippen LogP contribution in [0.15, 0.2) is 0 Å². The Morgan fingerprint density at radius 3 is 2.33 bits per heavy atom. The van der Waals surface area contributed by atoms with E-state index < -0.39 is 5.97 Å². The lowest BCUT2D eigenvalue weighted by Gasteiger charge is -2.23. The van der Waals surface area contributed by atoms with E-state index >= 15 is 0 Å². The highest BCUT2D eigenvalue weighted by atomic mass is 16.4. The van der Waals surface area contributed by atoms with E-state index in [0.717, 1.165) is 25.7 Å². The van der Waals surface area contributed by atoms with E-state index in [-0.39, 0.29) is 12.3 Å². The van der Waals surface area contributed by atoms with Crippen molar-refractivity contribution >= 4 is 11.9 Å². The zero-order valence-corrected chi connectivity index (χ0v) is 11.9. The standard InChI is InChI=1S/C14H27NO3/c1-4-7-8-12(5-2)11-13(16)15(6-3)10-9-14(17)18/h12H,4-11H2,1-3H3,(H,17,18). The van der Waals surface area contributed by atoms with Crippen LogP contribution in [0.1, 0.15) is 59.3 Å². The summed E-state index contributed by atoms with van der Waals surface area (Å²) >= 11 is 0. The molecule has 0 saturated heterocycles. The van der Waals surface area contributed by atoms with Gasteiger partial charge in [-0.1, -0.05) is 33.1 Å². The second kappa shape index (κ2) is 9.92. The average Bonchev–Trinajstić information content (AvgIpc) is 2.34. The third-order valence-corrected chi connectivity index (χ3v) is 3.34. The molecular formula is C14H27NO3. The lowest BCUT2D eigenvalue weighted by molar-refractivity contribution is -0.138. The number of carbonyl (C=O) groups is 2. The molecule has 0 saturated carbocycles. The Kier molecular flexibility index (Phi) is 9.33. The molecule has 1 amide bonds. The summed E-state index contributed by atoms with van der Waals surface area (Å²) in [5.41, 5.74) is 0. The smallest absolute Gasteiger partial charge is 0.305 e. The number of hydrogen-bond donors (Lipinski definition) is 1. The van der Waals surface area contributed by atoms with Gasteiger partial charge in [0.05, 0.1) is 6.42 Å². The van der Waals surface area contributed by atoms with Gasteiger partial charge in [0.2, 0.25) is 5.91 Å². The normalized spacial score (nSPS) is 12.2. The Morgan fingerprint density at radius 2 is 1.89 bits per heavy atom. The molecule has 4 heteroatoms. The first-order valence-corrected chi connectivity index (χ1v) is 7.04. The van der Waals surface area contributed by atoms with Crippen molar-refractivity contribution < 1.29 is 14.7 Å². The minimum atomic E-state index is -0.848. The van der Waals surface area contributed by atoms with Gasteiger partial charge >= 0.3 is 5.97 Å². The van der Waals surface area contributed by atoms with Gasteiger partial charge in [-0.2, -0.15) is 0 Å². The Labute approximate surface area is 110 Å². The van der Waals surface area contributed by atoms with E-state index in [1.807, 2.05) is 6.92 Å². The number of rotatable bonds is 10. The molecule has 0 fully saturated rings. The minimum Gasteiger partial charge on any atom is -0.481 e. The number of carbonyl (C=O) groups excluding carboxylic acids is 1. The van der Waals surface area contributed by atoms with Crippen molar-refractivity contribution in [2.24, 2.45) is 5.92 Å². The molecule has 0 bridgehead atoms. The number of unbranched alkanes of at least 4 members (excludes halogenated alkanes) is 1. The van der Waals surface area contributed by atoms with E-state index in [9.17, 15) is 9.59 Å². The number of hydrogen-bond acceptors (Lipinski definition) is 2. The number of carboxylic acids is 1. The number of nitrogens with zero attached hydrogens (tertiary/aromatic N) is 1. The Morgan fingerprint density at radius 1 is 1.22 bits per heavy atom. The van der Waals surface area contributed by atoms with Crippen molar-refractivity contribution in [1.29, 1.82) is 0 Å². The molecule has 1 unspecified atom stereocenters. The predicted molar refractivity (Wildman–Crippen MR) is 72.4 cm³/mol.